The Kier molecular flexibility index (Phi) is 16.6. The van der Waals surface area contributed by atoms with Crippen LogP contribution in [0.25, 0.3) is 10.8 Å². The summed E-state index contributed by atoms with van der Waals surface area (Å²) in [5, 5.41) is 23.0. The molecule has 0 saturated heterocycles. The lowest BCUT2D eigenvalue weighted by Gasteiger charge is -2.32. The topological polar surface area (TPSA) is 227 Å². The number of nitrogens with one attached hydrogen (secondary N) is 4. The van der Waals surface area contributed by atoms with Crippen LogP contribution >= 0.6 is 7.37 Å². The molecule has 1 unspecified atom stereocenters. The lowest BCUT2D eigenvalue weighted by Crippen LogP contribution is -2.51. The molecule has 14 nitrogen and oxygen atoms in total. The number of nitrogens with zero attached hydrogens (tertiary/aromatic N) is 1. The van der Waals surface area contributed by atoms with E-state index < -0.39 is 54.8 Å². The smallest absolute Gasteiger partial charge is 0.243 e. The zero-order valence-corrected chi connectivity index (χ0v) is 33.5. The summed E-state index contributed by atoms with van der Waals surface area (Å²) in [7, 11) is -2.49. The fourth-order valence-corrected chi connectivity index (χ4v) is 9.39. The van der Waals surface area contributed by atoms with Gasteiger partial charge in [-0.3, -0.25) is 28.7 Å². The van der Waals surface area contributed by atoms with Gasteiger partial charge in [-0.15, -0.1) is 0 Å². The number of amides is 4. The summed E-state index contributed by atoms with van der Waals surface area (Å²) in [6, 6.07) is 27.0. The van der Waals surface area contributed by atoms with Gasteiger partial charge in [0.05, 0.1) is 6.61 Å². The second-order valence-electron chi connectivity index (χ2n) is 13.9. The fourth-order valence-electron chi connectivity index (χ4n) is 6.63. The molecular formula is C42H54N7O7P. The highest BCUT2D eigenvalue weighted by Gasteiger charge is 2.41. The van der Waals surface area contributed by atoms with Gasteiger partial charge in [-0.25, -0.2) is 0 Å². The monoisotopic (exact) mass is 799 g/mol. The number of nitrogens with two attached hydrogens (primary N) is 2. The van der Waals surface area contributed by atoms with Crippen molar-refractivity contribution in [2.75, 3.05) is 26.4 Å². The van der Waals surface area contributed by atoms with Crippen molar-refractivity contribution in [1.29, 1.82) is 0 Å². The van der Waals surface area contributed by atoms with E-state index in [1.165, 1.54) is 26.1 Å². The first-order valence-electron chi connectivity index (χ1n) is 19.0. The zero-order chi connectivity index (χ0) is 41.4. The number of likely N-dealkylation sites (N-methyl/N-ethyl adjacent to an activating group) is 1. The molecule has 4 rings (SSSR count). The number of hydrogen-bond donors (Lipinski definition) is 7. The van der Waals surface area contributed by atoms with Gasteiger partial charge in [0.25, 0.3) is 0 Å². The summed E-state index contributed by atoms with van der Waals surface area (Å²) in [5.74, 6) is -4.14. The molecule has 9 N–H and O–H groups in total. The number of benzene rings is 4. The highest BCUT2D eigenvalue weighted by atomic mass is 31.2. The Morgan fingerprint density at radius 2 is 1.37 bits per heavy atom. The van der Waals surface area contributed by atoms with Gasteiger partial charge >= 0.3 is 0 Å². The maximum atomic E-state index is 15.4. The van der Waals surface area contributed by atoms with E-state index in [-0.39, 0.29) is 56.7 Å². The lowest BCUT2D eigenvalue weighted by atomic mass is 9.99. The summed E-state index contributed by atoms with van der Waals surface area (Å²) in [6.07, 6.45) is 0.587. The summed E-state index contributed by atoms with van der Waals surface area (Å²) in [5.41, 5.74) is 13.4. The molecule has 57 heavy (non-hydrogen) atoms. The molecule has 0 saturated carbocycles. The van der Waals surface area contributed by atoms with Gasteiger partial charge in [-0.1, -0.05) is 84.9 Å². The van der Waals surface area contributed by atoms with E-state index in [9.17, 15) is 24.3 Å². The molecule has 0 radical (unpaired) electrons. The van der Waals surface area contributed by atoms with Gasteiger partial charge in [0.15, 0.2) is 5.96 Å². The van der Waals surface area contributed by atoms with Crippen molar-refractivity contribution in [3.05, 3.63) is 114 Å². The maximum Gasteiger partial charge on any atom is 0.243 e. The third kappa shape index (κ3) is 13.8. The van der Waals surface area contributed by atoms with Crippen molar-refractivity contribution in [1.82, 2.24) is 21.3 Å². The van der Waals surface area contributed by atoms with Gasteiger partial charge < -0.3 is 42.4 Å². The van der Waals surface area contributed by atoms with Crippen molar-refractivity contribution >= 4 is 47.7 Å². The van der Waals surface area contributed by atoms with Crippen molar-refractivity contribution < 1.29 is 33.4 Å². The van der Waals surface area contributed by atoms with Crippen LogP contribution in [-0.2, 0) is 47.5 Å². The van der Waals surface area contributed by atoms with Crippen molar-refractivity contribution in [2.45, 2.75) is 63.8 Å². The van der Waals surface area contributed by atoms with Crippen molar-refractivity contribution in [3.63, 3.8) is 0 Å². The highest BCUT2D eigenvalue weighted by molar-refractivity contribution is 7.59. The first-order valence-corrected chi connectivity index (χ1v) is 20.9. The molecule has 0 bridgehead atoms. The second-order valence-corrected chi connectivity index (χ2v) is 16.6. The Labute approximate surface area is 333 Å². The second kappa shape index (κ2) is 21.5. The minimum atomic E-state index is -3.98. The zero-order valence-electron chi connectivity index (χ0n) is 32.6. The number of guanidine groups is 1. The Hall–Kier alpha value is -5.72. The lowest BCUT2D eigenvalue weighted by molar-refractivity contribution is -0.130. The number of phenolic OH excluding ortho intramolecular Hbond substituents is 1. The third-order valence-corrected chi connectivity index (χ3v) is 12.4. The standard InChI is InChI=1S/C42H54N7O7P/c1-4-56-57(55,38(26-29-11-6-5-7-12-29)49-41(54)37(47-28(2)50)24-30-17-20-35(51)21-18-30)27-34(15-10-22-46-42(43)44)39(52)48-36(40(53)45-3)25-31-16-19-32-13-8-9-14-33(32)23-31/h5-9,11-14,16-21,23,34,36-38,51H,4,10,15,22,24-27H2,1-3H3,(H,45,53)(H,47,50)(H,48,52)(H,49,54)(H4,43,44,46)/t34-,36+,37+,38+,57?/m1/s1. The minimum absolute atomic E-state index is 0.00619. The molecule has 304 valence electrons. The summed E-state index contributed by atoms with van der Waals surface area (Å²) >= 11 is 0. The number of aliphatic imine (C=N–C) groups is 1. The first kappa shape index (κ1) is 44.0. The first-order chi connectivity index (χ1) is 27.3. The van der Waals surface area contributed by atoms with E-state index in [4.69, 9.17) is 16.0 Å². The number of phenols is 1. The van der Waals surface area contributed by atoms with Crippen LogP contribution in [0, 0.1) is 5.92 Å². The molecule has 0 fully saturated rings. The molecule has 0 aliphatic carbocycles. The molecular weight excluding hydrogens is 745 g/mol. The molecule has 4 amide bonds. The van der Waals surface area contributed by atoms with Gasteiger partial charge in [-0.05, 0) is 59.4 Å². The number of rotatable bonds is 21. The molecule has 4 aromatic rings. The Bertz CT molecular complexity index is 2040. The molecule has 4 aromatic carbocycles. The Morgan fingerprint density at radius 3 is 2.02 bits per heavy atom. The van der Waals surface area contributed by atoms with Crippen molar-refractivity contribution in [2.24, 2.45) is 22.4 Å². The van der Waals surface area contributed by atoms with Crippen molar-refractivity contribution in [3.8, 4) is 5.75 Å². The highest BCUT2D eigenvalue weighted by Crippen LogP contribution is 2.54. The number of carbonyl (C=O) groups excluding carboxylic acids is 4. The predicted molar refractivity (Wildman–Crippen MR) is 223 cm³/mol. The van der Waals surface area contributed by atoms with E-state index in [0.29, 0.717) is 12.0 Å². The van der Waals surface area contributed by atoms with E-state index in [0.717, 1.165) is 21.9 Å². The van der Waals surface area contributed by atoms with E-state index in [2.05, 4.69) is 26.3 Å². The van der Waals surface area contributed by atoms with E-state index in [1.807, 2.05) is 72.8 Å². The van der Waals surface area contributed by atoms with Crippen LogP contribution < -0.4 is 32.7 Å². The van der Waals surface area contributed by atoms with Crippen LogP contribution in [0.1, 0.15) is 43.4 Å². The number of carbonyl (C=O) groups is 4. The fraction of sp³-hybridized carbons (Fsp3) is 0.357. The minimum Gasteiger partial charge on any atom is -0.508 e. The molecule has 15 heteroatoms. The van der Waals surface area contributed by atoms with E-state index in [1.54, 1.807) is 19.1 Å². The molecule has 0 aromatic heterocycles. The van der Waals surface area contributed by atoms with Crippen LogP contribution in [-0.4, -0.2) is 78.9 Å². The number of fused-ring (bicyclic) bond motifs is 1. The molecule has 0 aliphatic rings. The summed E-state index contributed by atoms with van der Waals surface area (Å²) < 4.78 is 21.5. The quantitative estimate of drug-likeness (QED) is 0.0282. The average Bonchev–Trinajstić information content (AvgIpc) is 3.19. The van der Waals surface area contributed by atoms with Gasteiger partial charge in [0.1, 0.15) is 23.6 Å². The van der Waals surface area contributed by atoms with Gasteiger partial charge in [0.2, 0.25) is 31.0 Å². The number of aromatic hydroxyl groups is 1. The molecule has 0 heterocycles. The van der Waals surface area contributed by atoms with Gasteiger partial charge in [0, 0.05) is 51.9 Å². The van der Waals surface area contributed by atoms with Crippen LogP contribution in [0.5, 0.6) is 5.75 Å². The molecule has 0 aliphatic heterocycles. The SMILES string of the molecule is CCOP(=O)(C[C@@H](CCCN=C(N)N)C(=O)N[C@@H](Cc1ccc2ccccc2c1)C(=O)NC)[C@@H](Cc1ccccc1)NC(=O)[C@H](Cc1ccc(O)cc1)NC(C)=O. The molecule has 5 atom stereocenters. The normalized spacial score (nSPS) is 14.2. The van der Waals surface area contributed by atoms with Gasteiger partial charge in [-0.2, -0.15) is 0 Å². The maximum absolute atomic E-state index is 15.4. The van der Waals surface area contributed by atoms with Crippen LogP contribution in [0.2, 0.25) is 0 Å². The third-order valence-electron chi connectivity index (χ3n) is 9.46. The van der Waals surface area contributed by atoms with Crippen LogP contribution in [0.15, 0.2) is 102 Å². The predicted octanol–water partition coefficient (Wildman–Crippen LogP) is 3.74. The van der Waals surface area contributed by atoms with Crippen LogP contribution in [0.4, 0.5) is 0 Å². The summed E-state index contributed by atoms with van der Waals surface area (Å²) in [6.45, 7) is 3.17. The van der Waals surface area contributed by atoms with E-state index >= 15 is 4.57 Å². The Balaban J connectivity index is 1.68. The molecule has 0 spiro atoms. The Morgan fingerprint density at radius 1 is 0.754 bits per heavy atom. The average molecular weight is 800 g/mol. The summed E-state index contributed by atoms with van der Waals surface area (Å²) in [4.78, 5) is 58.0. The van der Waals surface area contributed by atoms with Crippen LogP contribution in [0.3, 0.4) is 0 Å². The number of hydrogen-bond acceptors (Lipinski definition) is 8. The largest absolute Gasteiger partial charge is 0.508 e.